The zero-order valence-electron chi connectivity index (χ0n) is 8.35. The Balaban J connectivity index is 2.67. The highest BCUT2D eigenvalue weighted by atomic mass is 15.3. The van der Waals surface area contributed by atoms with Crippen LogP contribution < -0.4 is 11.6 Å². The summed E-state index contributed by atoms with van der Waals surface area (Å²) in [5.41, 5.74) is 6.82. The third-order valence-corrected chi connectivity index (χ3v) is 2.05. The summed E-state index contributed by atoms with van der Waals surface area (Å²) in [7, 11) is 0. The van der Waals surface area contributed by atoms with E-state index in [2.05, 4.69) is 5.10 Å². The second-order valence-corrected chi connectivity index (χ2v) is 2.99. The van der Waals surface area contributed by atoms with Gasteiger partial charge in [-0.2, -0.15) is 0 Å². The third kappa shape index (κ3) is 2.65. The van der Waals surface area contributed by atoms with E-state index in [-0.39, 0.29) is 0 Å². The van der Waals surface area contributed by atoms with Crippen molar-refractivity contribution < 1.29 is 0 Å². The van der Waals surface area contributed by atoms with Gasteiger partial charge in [-0.15, -0.1) is 5.10 Å². The molecule has 0 fully saturated rings. The average molecular weight is 192 g/mol. The lowest BCUT2D eigenvalue weighted by molar-refractivity contribution is 0.429. The monoisotopic (exact) mass is 192 g/mol. The summed E-state index contributed by atoms with van der Waals surface area (Å²) in [5.74, 6) is 5.50. The van der Waals surface area contributed by atoms with E-state index in [0.29, 0.717) is 5.96 Å². The lowest BCUT2D eigenvalue weighted by atomic mass is 10.2. The minimum Gasteiger partial charge on any atom is -0.368 e. The van der Waals surface area contributed by atoms with Crippen molar-refractivity contribution in [3.8, 4) is 0 Å². The van der Waals surface area contributed by atoms with Crippen molar-refractivity contribution in [1.29, 1.82) is 0 Å². The predicted octanol–water partition coefficient (Wildman–Crippen LogP) is 0.697. The van der Waals surface area contributed by atoms with E-state index in [4.69, 9.17) is 11.6 Å². The molecule has 4 nitrogen and oxygen atoms in total. The molecular weight excluding hydrogens is 176 g/mol. The van der Waals surface area contributed by atoms with Gasteiger partial charge in [0.1, 0.15) is 0 Å². The molecule has 0 atom stereocenters. The summed E-state index contributed by atoms with van der Waals surface area (Å²) >= 11 is 0. The Morgan fingerprint density at radius 1 is 1.36 bits per heavy atom. The Morgan fingerprint density at radius 3 is 2.50 bits per heavy atom. The third-order valence-electron chi connectivity index (χ3n) is 2.05. The molecule has 0 aromatic heterocycles. The van der Waals surface area contributed by atoms with Crippen molar-refractivity contribution in [2.75, 3.05) is 6.54 Å². The van der Waals surface area contributed by atoms with Crippen LogP contribution in [0.4, 0.5) is 0 Å². The molecule has 0 heterocycles. The van der Waals surface area contributed by atoms with E-state index in [1.807, 2.05) is 42.2 Å². The van der Waals surface area contributed by atoms with Gasteiger partial charge in [0, 0.05) is 13.1 Å². The van der Waals surface area contributed by atoms with Crippen molar-refractivity contribution in [3.05, 3.63) is 35.9 Å². The van der Waals surface area contributed by atoms with Crippen molar-refractivity contribution in [2.45, 2.75) is 13.5 Å². The van der Waals surface area contributed by atoms with Crippen LogP contribution in [0.3, 0.4) is 0 Å². The first-order valence-corrected chi connectivity index (χ1v) is 4.60. The van der Waals surface area contributed by atoms with Crippen LogP contribution in [0.5, 0.6) is 0 Å². The van der Waals surface area contributed by atoms with E-state index in [0.717, 1.165) is 13.1 Å². The predicted molar refractivity (Wildman–Crippen MR) is 58.3 cm³/mol. The molecule has 14 heavy (non-hydrogen) atoms. The first-order chi connectivity index (χ1) is 6.77. The van der Waals surface area contributed by atoms with Gasteiger partial charge in [0.2, 0.25) is 5.96 Å². The quantitative estimate of drug-likeness (QED) is 0.320. The van der Waals surface area contributed by atoms with Gasteiger partial charge >= 0.3 is 0 Å². The Labute approximate surface area is 84.2 Å². The number of nitrogens with two attached hydrogens (primary N) is 2. The molecule has 0 spiro atoms. The fourth-order valence-electron chi connectivity index (χ4n) is 1.24. The standard InChI is InChI=1S/C10H16N4/c1-2-14(10(11)13-12)8-9-6-4-3-5-7-9/h3-7H,2,8,12H2,1H3,(H2,11,13). The molecule has 0 radical (unpaired) electrons. The van der Waals surface area contributed by atoms with Crippen molar-refractivity contribution in [1.82, 2.24) is 4.90 Å². The molecule has 0 bridgehead atoms. The smallest absolute Gasteiger partial charge is 0.213 e. The lowest BCUT2D eigenvalue weighted by Crippen LogP contribution is -2.37. The van der Waals surface area contributed by atoms with Crippen LogP contribution in [0, 0.1) is 0 Å². The van der Waals surface area contributed by atoms with Gasteiger partial charge in [-0.3, -0.25) is 0 Å². The molecule has 0 aliphatic carbocycles. The molecule has 1 aromatic rings. The number of hydrogen-bond donors (Lipinski definition) is 2. The second kappa shape index (κ2) is 5.11. The van der Waals surface area contributed by atoms with Gasteiger partial charge in [-0.25, -0.2) is 0 Å². The number of hydrazone groups is 1. The minimum atomic E-state index is 0.372. The number of benzene rings is 1. The number of rotatable bonds is 3. The Hall–Kier alpha value is -1.71. The van der Waals surface area contributed by atoms with Crippen LogP contribution in [-0.4, -0.2) is 17.4 Å². The summed E-state index contributed by atoms with van der Waals surface area (Å²) in [6, 6.07) is 10.1. The highest BCUT2D eigenvalue weighted by molar-refractivity contribution is 5.77. The minimum absolute atomic E-state index is 0.372. The summed E-state index contributed by atoms with van der Waals surface area (Å²) in [6.07, 6.45) is 0. The highest BCUT2D eigenvalue weighted by Crippen LogP contribution is 2.03. The normalized spacial score (nSPS) is 11.4. The fraction of sp³-hybridized carbons (Fsp3) is 0.300. The summed E-state index contributed by atoms with van der Waals surface area (Å²) in [4.78, 5) is 1.91. The maximum absolute atomic E-state index is 5.63. The van der Waals surface area contributed by atoms with Gasteiger partial charge < -0.3 is 16.5 Å². The van der Waals surface area contributed by atoms with Gasteiger partial charge in [0.25, 0.3) is 0 Å². The number of nitrogens with zero attached hydrogens (tertiary/aromatic N) is 2. The molecule has 0 aliphatic rings. The molecule has 0 aliphatic heterocycles. The van der Waals surface area contributed by atoms with Gasteiger partial charge in [0.15, 0.2) is 0 Å². The van der Waals surface area contributed by atoms with E-state index in [1.54, 1.807) is 0 Å². The molecule has 0 amide bonds. The van der Waals surface area contributed by atoms with Crippen molar-refractivity contribution >= 4 is 5.96 Å². The van der Waals surface area contributed by atoms with Gasteiger partial charge in [-0.05, 0) is 12.5 Å². The molecule has 0 saturated heterocycles. The Morgan fingerprint density at radius 2 is 2.00 bits per heavy atom. The molecule has 4 N–H and O–H groups in total. The first kappa shape index (κ1) is 10.4. The zero-order chi connectivity index (χ0) is 10.4. The van der Waals surface area contributed by atoms with Crippen LogP contribution in [0.1, 0.15) is 12.5 Å². The Bertz CT molecular complexity index is 294. The highest BCUT2D eigenvalue weighted by Gasteiger charge is 2.04. The summed E-state index contributed by atoms with van der Waals surface area (Å²) in [6.45, 7) is 3.55. The van der Waals surface area contributed by atoms with Crippen LogP contribution in [0.25, 0.3) is 0 Å². The van der Waals surface area contributed by atoms with Crippen molar-refractivity contribution in [2.24, 2.45) is 16.7 Å². The topological polar surface area (TPSA) is 67.6 Å². The van der Waals surface area contributed by atoms with Crippen LogP contribution >= 0.6 is 0 Å². The van der Waals surface area contributed by atoms with Crippen LogP contribution in [0.2, 0.25) is 0 Å². The molecule has 0 saturated carbocycles. The molecule has 0 unspecified atom stereocenters. The summed E-state index contributed by atoms with van der Waals surface area (Å²) < 4.78 is 0. The Kier molecular flexibility index (Phi) is 3.79. The maximum Gasteiger partial charge on any atom is 0.213 e. The largest absolute Gasteiger partial charge is 0.368 e. The fourth-order valence-corrected chi connectivity index (χ4v) is 1.24. The molecule has 1 aromatic carbocycles. The van der Waals surface area contributed by atoms with E-state index >= 15 is 0 Å². The second-order valence-electron chi connectivity index (χ2n) is 2.99. The SMILES string of the molecule is CCN(Cc1ccccc1)C(N)=NN. The first-order valence-electron chi connectivity index (χ1n) is 4.60. The maximum atomic E-state index is 5.63. The average Bonchev–Trinajstić information content (AvgIpc) is 2.26. The van der Waals surface area contributed by atoms with Crippen LogP contribution in [0.15, 0.2) is 35.4 Å². The van der Waals surface area contributed by atoms with Gasteiger partial charge in [0.05, 0.1) is 0 Å². The zero-order valence-corrected chi connectivity index (χ0v) is 8.35. The molecule has 76 valence electrons. The van der Waals surface area contributed by atoms with Crippen LogP contribution in [-0.2, 0) is 6.54 Å². The van der Waals surface area contributed by atoms with Gasteiger partial charge in [-0.1, -0.05) is 30.3 Å². The molecule has 4 heteroatoms. The molecule has 1 rings (SSSR count). The lowest BCUT2D eigenvalue weighted by Gasteiger charge is -2.20. The molecular formula is C10H16N4. The number of guanidine groups is 1. The number of hydrogen-bond acceptors (Lipinski definition) is 2. The van der Waals surface area contributed by atoms with E-state index < -0.39 is 0 Å². The van der Waals surface area contributed by atoms with Crippen molar-refractivity contribution in [3.63, 3.8) is 0 Å². The van der Waals surface area contributed by atoms with E-state index in [9.17, 15) is 0 Å². The summed E-state index contributed by atoms with van der Waals surface area (Å²) in [5, 5.41) is 3.48. The van der Waals surface area contributed by atoms with E-state index in [1.165, 1.54) is 5.56 Å².